The predicted molar refractivity (Wildman–Crippen MR) is 105 cm³/mol. The molecule has 0 saturated carbocycles. The number of hydrogen-bond donors (Lipinski definition) is 3. The molecular formula is C19H23N3O3S. The molecule has 0 spiro atoms. The Labute approximate surface area is 155 Å². The third-order valence-electron chi connectivity index (χ3n) is 4.28. The van der Waals surface area contributed by atoms with Crippen molar-refractivity contribution in [3.8, 4) is 11.1 Å². The van der Waals surface area contributed by atoms with E-state index in [0.717, 1.165) is 16.0 Å². The molecule has 0 aliphatic rings. The largest absolute Gasteiger partial charge is 0.394 e. The number of aliphatic hydroxyl groups excluding tert-OH is 2. The zero-order chi connectivity index (χ0) is 18.8. The Morgan fingerprint density at radius 3 is 2.62 bits per heavy atom. The van der Waals surface area contributed by atoms with Gasteiger partial charge in [-0.3, -0.25) is 9.69 Å². The Morgan fingerprint density at radius 1 is 1.27 bits per heavy atom. The van der Waals surface area contributed by atoms with Crippen LogP contribution in [0.1, 0.15) is 16.3 Å². The minimum atomic E-state index is -0.812. The monoisotopic (exact) mass is 373 g/mol. The summed E-state index contributed by atoms with van der Waals surface area (Å²) in [6, 6.07) is 8.13. The molecule has 1 atom stereocenters. The van der Waals surface area contributed by atoms with Crippen LogP contribution in [0.25, 0.3) is 21.3 Å². The number of aryl methyl sites for hydroxylation is 2. The van der Waals surface area contributed by atoms with Crippen molar-refractivity contribution in [3.63, 3.8) is 0 Å². The summed E-state index contributed by atoms with van der Waals surface area (Å²) in [7, 11) is 1.81. The topological polar surface area (TPSA) is 89.4 Å². The van der Waals surface area contributed by atoms with Crippen LogP contribution in [0.3, 0.4) is 0 Å². The van der Waals surface area contributed by atoms with Crippen molar-refractivity contribution >= 4 is 21.6 Å². The second-order valence-electron chi connectivity index (χ2n) is 6.63. The number of nitrogens with zero attached hydrogens (tertiary/aromatic N) is 2. The molecular weight excluding hydrogens is 350 g/mol. The molecule has 0 radical (unpaired) electrons. The van der Waals surface area contributed by atoms with E-state index < -0.39 is 6.10 Å². The minimum Gasteiger partial charge on any atom is -0.394 e. The molecule has 0 fully saturated rings. The number of H-pyrrole nitrogens is 1. The molecule has 0 aliphatic carbocycles. The number of likely N-dealkylation sites (N-methyl/N-ethyl adjacent to an activating group) is 1. The van der Waals surface area contributed by atoms with Crippen LogP contribution >= 0.6 is 11.3 Å². The summed E-state index contributed by atoms with van der Waals surface area (Å²) in [6.07, 6.45) is -0.812. The highest BCUT2D eigenvalue weighted by atomic mass is 32.1. The Kier molecular flexibility index (Phi) is 5.52. The van der Waals surface area contributed by atoms with E-state index >= 15 is 0 Å². The standard InChI is InChI=1S/C19H23N3O3S/c1-11-4-6-13(7-5-11)16-12(2)26-19-17(16)18(25)20-15(21-19)9-22(3)8-14(24)10-23/h4-7,14,23-24H,8-10H2,1-3H3,(H,20,21,25). The molecule has 2 aromatic heterocycles. The first-order valence-corrected chi connectivity index (χ1v) is 9.27. The normalized spacial score (nSPS) is 12.8. The minimum absolute atomic E-state index is 0.152. The summed E-state index contributed by atoms with van der Waals surface area (Å²) in [5, 5.41) is 19.1. The highest BCUT2D eigenvalue weighted by Gasteiger charge is 2.17. The van der Waals surface area contributed by atoms with Crippen molar-refractivity contribution in [3.05, 3.63) is 50.9 Å². The van der Waals surface area contributed by atoms with Crippen molar-refractivity contribution in [1.29, 1.82) is 0 Å². The summed E-state index contributed by atoms with van der Waals surface area (Å²) in [5.41, 5.74) is 2.98. The van der Waals surface area contributed by atoms with Crippen LogP contribution in [0.4, 0.5) is 0 Å². The Hall–Kier alpha value is -2.06. The lowest BCUT2D eigenvalue weighted by Crippen LogP contribution is -2.32. The lowest BCUT2D eigenvalue weighted by Gasteiger charge is -2.18. The summed E-state index contributed by atoms with van der Waals surface area (Å²) in [5.74, 6) is 0.548. The van der Waals surface area contributed by atoms with Crippen molar-refractivity contribution in [2.24, 2.45) is 0 Å². The highest BCUT2D eigenvalue weighted by Crippen LogP contribution is 2.35. The first-order chi connectivity index (χ1) is 12.4. The number of rotatable bonds is 6. The van der Waals surface area contributed by atoms with Crippen LogP contribution in [0, 0.1) is 13.8 Å². The molecule has 0 bridgehead atoms. The average Bonchev–Trinajstić information content (AvgIpc) is 2.91. The fourth-order valence-corrected chi connectivity index (χ4v) is 4.11. The fraction of sp³-hybridized carbons (Fsp3) is 0.368. The molecule has 3 aromatic rings. The van der Waals surface area contributed by atoms with E-state index in [1.165, 1.54) is 16.9 Å². The predicted octanol–water partition coefficient (Wildman–Crippen LogP) is 2.05. The maximum absolute atomic E-state index is 12.7. The van der Waals surface area contributed by atoms with Gasteiger partial charge in [-0.1, -0.05) is 29.8 Å². The molecule has 6 nitrogen and oxygen atoms in total. The number of nitrogens with one attached hydrogen (secondary N) is 1. The fourth-order valence-electron chi connectivity index (χ4n) is 3.04. The van der Waals surface area contributed by atoms with E-state index in [9.17, 15) is 9.90 Å². The van der Waals surface area contributed by atoms with Gasteiger partial charge in [0.2, 0.25) is 0 Å². The van der Waals surface area contributed by atoms with E-state index in [-0.39, 0.29) is 12.2 Å². The van der Waals surface area contributed by atoms with E-state index in [2.05, 4.69) is 9.97 Å². The zero-order valence-electron chi connectivity index (χ0n) is 15.1. The van der Waals surface area contributed by atoms with E-state index in [1.807, 2.05) is 43.0 Å². The summed E-state index contributed by atoms with van der Waals surface area (Å²) in [4.78, 5) is 23.8. The Bertz CT molecular complexity index is 963. The second kappa shape index (κ2) is 7.67. The second-order valence-corrected chi connectivity index (χ2v) is 7.83. The molecule has 3 rings (SSSR count). The third-order valence-corrected chi connectivity index (χ3v) is 5.28. The van der Waals surface area contributed by atoms with Crippen LogP contribution in [0.15, 0.2) is 29.1 Å². The molecule has 0 saturated heterocycles. The quantitative estimate of drug-likeness (QED) is 0.615. The van der Waals surface area contributed by atoms with E-state index in [1.54, 1.807) is 7.05 Å². The van der Waals surface area contributed by atoms with Gasteiger partial charge in [-0.05, 0) is 26.5 Å². The summed E-state index contributed by atoms with van der Waals surface area (Å²) >= 11 is 1.51. The third kappa shape index (κ3) is 3.86. The van der Waals surface area contributed by atoms with Gasteiger partial charge in [0.05, 0.1) is 24.6 Å². The number of fused-ring (bicyclic) bond motifs is 1. The molecule has 3 N–H and O–H groups in total. The van der Waals surface area contributed by atoms with Gasteiger partial charge in [0.1, 0.15) is 10.7 Å². The lowest BCUT2D eigenvalue weighted by molar-refractivity contribution is 0.0642. The number of aromatic nitrogens is 2. The van der Waals surface area contributed by atoms with Crippen LogP contribution in [-0.4, -0.2) is 51.4 Å². The highest BCUT2D eigenvalue weighted by molar-refractivity contribution is 7.19. The van der Waals surface area contributed by atoms with Gasteiger partial charge < -0.3 is 15.2 Å². The molecule has 26 heavy (non-hydrogen) atoms. The molecule has 0 aliphatic heterocycles. The van der Waals surface area contributed by atoms with Crippen molar-refractivity contribution in [1.82, 2.24) is 14.9 Å². The molecule has 1 aromatic carbocycles. The van der Waals surface area contributed by atoms with Crippen molar-refractivity contribution < 1.29 is 10.2 Å². The Morgan fingerprint density at radius 2 is 1.96 bits per heavy atom. The molecule has 138 valence electrons. The molecule has 1 unspecified atom stereocenters. The van der Waals surface area contributed by atoms with Gasteiger partial charge in [-0.15, -0.1) is 11.3 Å². The maximum atomic E-state index is 12.7. The van der Waals surface area contributed by atoms with Crippen LogP contribution in [-0.2, 0) is 6.54 Å². The number of hydrogen-bond acceptors (Lipinski definition) is 6. The molecule has 7 heteroatoms. The molecule has 2 heterocycles. The average molecular weight is 373 g/mol. The van der Waals surface area contributed by atoms with E-state index in [4.69, 9.17) is 5.11 Å². The maximum Gasteiger partial charge on any atom is 0.260 e. The van der Waals surface area contributed by atoms with E-state index in [0.29, 0.717) is 29.1 Å². The van der Waals surface area contributed by atoms with Crippen molar-refractivity contribution in [2.45, 2.75) is 26.5 Å². The van der Waals surface area contributed by atoms with Crippen LogP contribution in [0.2, 0.25) is 0 Å². The van der Waals surface area contributed by atoms with Crippen LogP contribution < -0.4 is 5.56 Å². The number of benzene rings is 1. The number of aromatic amines is 1. The van der Waals surface area contributed by atoms with Gasteiger partial charge in [-0.2, -0.15) is 0 Å². The lowest BCUT2D eigenvalue weighted by atomic mass is 10.0. The van der Waals surface area contributed by atoms with Gasteiger partial charge >= 0.3 is 0 Å². The Balaban J connectivity index is 1.98. The SMILES string of the molecule is Cc1ccc(-c2c(C)sc3nc(CN(C)CC(O)CO)[nH]c(=O)c23)cc1. The van der Waals surface area contributed by atoms with Gasteiger partial charge in [0, 0.05) is 17.0 Å². The van der Waals surface area contributed by atoms with Gasteiger partial charge in [0.15, 0.2) is 0 Å². The smallest absolute Gasteiger partial charge is 0.260 e. The first-order valence-electron chi connectivity index (χ1n) is 8.46. The zero-order valence-corrected chi connectivity index (χ0v) is 15.9. The van der Waals surface area contributed by atoms with Gasteiger partial charge in [0.25, 0.3) is 5.56 Å². The molecule has 0 amide bonds. The van der Waals surface area contributed by atoms with Crippen LogP contribution in [0.5, 0.6) is 0 Å². The summed E-state index contributed by atoms with van der Waals surface area (Å²) in [6.45, 7) is 4.43. The van der Waals surface area contributed by atoms with Crippen molar-refractivity contribution in [2.75, 3.05) is 20.2 Å². The van der Waals surface area contributed by atoms with Gasteiger partial charge in [-0.25, -0.2) is 4.98 Å². The number of thiophene rings is 1. The first kappa shape index (κ1) is 18.7. The summed E-state index contributed by atoms with van der Waals surface area (Å²) < 4.78 is 0. The number of aliphatic hydroxyl groups is 2.